The van der Waals surface area contributed by atoms with Crippen LogP contribution in [-0.4, -0.2) is 26.7 Å². The number of carbonyl (C=O) groups excluding carboxylic acids is 1. The van der Waals surface area contributed by atoms with Crippen LogP contribution in [0.15, 0.2) is 72.8 Å². The van der Waals surface area contributed by atoms with Gasteiger partial charge in [0.25, 0.3) is 0 Å². The summed E-state index contributed by atoms with van der Waals surface area (Å²) >= 11 is 6.06. The Hall–Kier alpha value is -3.18. The van der Waals surface area contributed by atoms with Crippen molar-refractivity contribution in [2.45, 2.75) is 13.5 Å². The molecule has 3 aromatic carbocycles. The molecule has 0 fully saturated rings. The van der Waals surface area contributed by atoms with Crippen LogP contribution in [0.25, 0.3) is 0 Å². The van der Waals surface area contributed by atoms with Crippen LogP contribution in [0.5, 0.6) is 5.75 Å². The van der Waals surface area contributed by atoms with Crippen molar-refractivity contribution in [2.24, 2.45) is 0 Å². The largest absolute Gasteiger partial charge is 0.494 e. The van der Waals surface area contributed by atoms with Crippen molar-refractivity contribution >= 4 is 34.7 Å². The highest BCUT2D eigenvalue weighted by atomic mass is 35.5. The number of nitrogens with zero attached hydrogens (tertiary/aromatic N) is 2. The number of amides is 2. The van der Waals surface area contributed by atoms with E-state index in [1.807, 2.05) is 80.5 Å². The first-order valence-corrected chi connectivity index (χ1v) is 10.2. The average molecular weight is 424 g/mol. The van der Waals surface area contributed by atoms with Crippen molar-refractivity contribution < 1.29 is 9.53 Å². The Morgan fingerprint density at radius 3 is 2.23 bits per heavy atom. The van der Waals surface area contributed by atoms with Crippen molar-refractivity contribution in [1.82, 2.24) is 0 Å². The smallest absolute Gasteiger partial charge is 0.326 e. The fourth-order valence-electron chi connectivity index (χ4n) is 3.01. The molecule has 6 heteroatoms. The monoisotopic (exact) mass is 423 g/mol. The van der Waals surface area contributed by atoms with Crippen LogP contribution < -0.4 is 19.9 Å². The maximum Gasteiger partial charge on any atom is 0.326 e. The number of hydrogen-bond donors (Lipinski definition) is 1. The van der Waals surface area contributed by atoms with Crippen molar-refractivity contribution in [3.05, 3.63) is 83.4 Å². The van der Waals surface area contributed by atoms with Crippen LogP contribution in [0.1, 0.15) is 12.5 Å². The van der Waals surface area contributed by atoms with E-state index >= 15 is 0 Å². The van der Waals surface area contributed by atoms with Crippen LogP contribution >= 0.6 is 11.6 Å². The van der Waals surface area contributed by atoms with E-state index in [4.69, 9.17) is 16.3 Å². The predicted octanol–water partition coefficient (Wildman–Crippen LogP) is 6.04. The fraction of sp³-hybridized carbons (Fsp3) is 0.208. The second kappa shape index (κ2) is 10.0. The zero-order valence-corrected chi connectivity index (χ0v) is 18.2. The average Bonchev–Trinajstić information content (AvgIpc) is 2.73. The Morgan fingerprint density at radius 1 is 0.967 bits per heavy atom. The highest BCUT2D eigenvalue weighted by Gasteiger charge is 2.17. The number of hydrogen-bond acceptors (Lipinski definition) is 3. The van der Waals surface area contributed by atoms with E-state index in [9.17, 15) is 4.79 Å². The summed E-state index contributed by atoms with van der Waals surface area (Å²) in [5, 5.41) is 3.50. The van der Waals surface area contributed by atoms with Gasteiger partial charge >= 0.3 is 6.03 Å². The molecule has 0 radical (unpaired) electrons. The first kappa shape index (κ1) is 21.5. The van der Waals surface area contributed by atoms with Gasteiger partial charge in [0.15, 0.2) is 0 Å². The number of urea groups is 1. The summed E-state index contributed by atoms with van der Waals surface area (Å²) in [4.78, 5) is 16.9. The Labute approximate surface area is 182 Å². The van der Waals surface area contributed by atoms with Crippen molar-refractivity contribution in [3.63, 3.8) is 0 Å². The van der Waals surface area contributed by atoms with Gasteiger partial charge < -0.3 is 15.0 Å². The van der Waals surface area contributed by atoms with Crippen LogP contribution in [0.2, 0.25) is 5.02 Å². The molecule has 3 rings (SSSR count). The van der Waals surface area contributed by atoms with Crippen LogP contribution in [0.4, 0.5) is 21.9 Å². The molecule has 1 N–H and O–H groups in total. The van der Waals surface area contributed by atoms with Crippen molar-refractivity contribution in [3.8, 4) is 5.75 Å². The Morgan fingerprint density at radius 2 is 1.63 bits per heavy atom. The van der Waals surface area contributed by atoms with Gasteiger partial charge in [0.05, 0.1) is 13.2 Å². The minimum absolute atomic E-state index is 0.238. The number of halogens is 1. The molecule has 156 valence electrons. The highest BCUT2D eigenvalue weighted by molar-refractivity contribution is 6.30. The molecule has 2 amide bonds. The zero-order chi connectivity index (χ0) is 21.5. The summed E-state index contributed by atoms with van der Waals surface area (Å²) in [7, 11) is 4.00. The quantitative estimate of drug-likeness (QED) is 0.503. The van der Waals surface area contributed by atoms with Crippen LogP contribution in [-0.2, 0) is 6.54 Å². The van der Waals surface area contributed by atoms with Gasteiger partial charge in [-0.1, -0.05) is 29.8 Å². The van der Waals surface area contributed by atoms with Crippen LogP contribution in [0.3, 0.4) is 0 Å². The molecular formula is C24H26ClN3O2. The molecule has 5 nitrogen and oxygen atoms in total. The summed E-state index contributed by atoms with van der Waals surface area (Å²) < 4.78 is 5.53. The third-order valence-corrected chi connectivity index (χ3v) is 4.81. The standard InChI is InChI=1S/C24H26ClN3O2/c1-4-30-23-14-12-22(13-15-23)28(17-18-8-10-21(11-9-18)27(2)3)24(29)26-20-7-5-6-19(25)16-20/h5-16H,4,17H2,1-3H3,(H,26,29). The minimum atomic E-state index is -0.238. The van der Waals surface area contributed by atoms with Gasteiger partial charge in [-0.3, -0.25) is 4.90 Å². The van der Waals surface area contributed by atoms with E-state index in [1.54, 1.807) is 23.1 Å². The van der Waals surface area contributed by atoms with Gasteiger partial charge in [0.1, 0.15) is 5.75 Å². The molecule has 0 aliphatic carbocycles. The van der Waals surface area contributed by atoms with Gasteiger partial charge in [0, 0.05) is 36.2 Å². The zero-order valence-electron chi connectivity index (χ0n) is 17.4. The normalized spacial score (nSPS) is 10.4. The molecule has 3 aromatic rings. The number of benzene rings is 3. The maximum absolute atomic E-state index is 13.1. The van der Waals surface area contributed by atoms with E-state index in [0.29, 0.717) is 23.9 Å². The van der Waals surface area contributed by atoms with Gasteiger partial charge in [-0.25, -0.2) is 4.79 Å². The molecule has 0 aromatic heterocycles. The number of carbonyl (C=O) groups is 1. The minimum Gasteiger partial charge on any atom is -0.494 e. The summed E-state index contributed by atoms with van der Waals surface area (Å²) in [5.74, 6) is 0.770. The molecule has 0 aliphatic rings. The summed E-state index contributed by atoms with van der Waals surface area (Å²) in [5.41, 5.74) is 3.55. The molecule has 0 heterocycles. The molecule has 0 atom stereocenters. The number of ether oxygens (including phenoxy) is 1. The molecule has 30 heavy (non-hydrogen) atoms. The van der Waals surface area contributed by atoms with E-state index in [0.717, 1.165) is 22.7 Å². The summed E-state index contributed by atoms with van der Waals surface area (Å²) in [6, 6.07) is 22.5. The van der Waals surface area contributed by atoms with Crippen LogP contribution in [0, 0.1) is 0 Å². The molecular weight excluding hydrogens is 398 g/mol. The van der Waals surface area contributed by atoms with Gasteiger partial charge in [0.2, 0.25) is 0 Å². The van der Waals surface area contributed by atoms with E-state index in [1.165, 1.54) is 0 Å². The number of rotatable bonds is 7. The second-order valence-corrected chi connectivity index (χ2v) is 7.45. The topological polar surface area (TPSA) is 44.8 Å². The van der Waals surface area contributed by atoms with Crippen molar-refractivity contribution in [2.75, 3.05) is 35.8 Å². The third-order valence-electron chi connectivity index (χ3n) is 4.57. The van der Waals surface area contributed by atoms with E-state index in [-0.39, 0.29) is 6.03 Å². The lowest BCUT2D eigenvalue weighted by Crippen LogP contribution is -2.34. The first-order chi connectivity index (χ1) is 14.5. The fourth-order valence-corrected chi connectivity index (χ4v) is 3.20. The maximum atomic E-state index is 13.1. The predicted molar refractivity (Wildman–Crippen MR) is 125 cm³/mol. The molecule has 0 saturated heterocycles. The third kappa shape index (κ3) is 5.67. The molecule has 0 saturated carbocycles. The second-order valence-electron chi connectivity index (χ2n) is 7.01. The highest BCUT2D eigenvalue weighted by Crippen LogP contribution is 2.24. The molecule has 0 bridgehead atoms. The van der Waals surface area contributed by atoms with E-state index < -0.39 is 0 Å². The molecule has 0 aliphatic heterocycles. The van der Waals surface area contributed by atoms with Gasteiger partial charge in [-0.05, 0) is 67.1 Å². The lowest BCUT2D eigenvalue weighted by Gasteiger charge is -2.24. The van der Waals surface area contributed by atoms with Gasteiger partial charge in [-0.2, -0.15) is 0 Å². The number of anilines is 3. The Balaban J connectivity index is 1.86. The van der Waals surface area contributed by atoms with Crippen molar-refractivity contribution in [1.29, 1.82) is 0 Å². The Bertz CT molecular complexity index is 973. The molecule has 0 unspecified atom stereocenters. The SMILES string of the molecule is CCOc1ccc(N(Cc2ccc(N(C)C)cc2)C(=O)Nc2cccc(Cl)c2)cc1. The lowest BCUT2D eigenvalue weighted by atomic mass is 10.1. The number of nitrogens with one attached hydrogen (secondary N) is 1. The summed E-state index contributed by atoms with van der Waals surface area (Å²) in [6.45, 7) is 2.96. The summed E-state index contributed by atoms with van der Waals surface area (Å²) in [6.07, 6.45) is 0. The Kier molecular flexibility index (Phi) is 7.20. The molecule has 0 spiro atoms. The first-order valence-electron chi connectivity index (χ1n) is 9.79. The van der Waals surface area contributed by atoms with E-state index in [2.05, 4.69) is 5.32 Å². The van der Waals surface area contributed by atoms with Gasteiger partial charge in [-0.15, -0.1) is 0 Å². The lowest BCUT2D eigenvalue weighted by molar-refractivity contribution is 0.256.